The highest BCUT2D eigenvalue weighted by molar-refractivity contribution is 5.69. The molecule has 2 aromatic heterocycles. The highest BCUT2D eigenvalue weighted by Crippen LogP contribution is 2.27. The van der Waals surface area contributed by atoms with Crippen molar-refractivity contribution < 1.29 is 4.92 Å². The van der Waals surface area contributed by atoms with Crippen LogP contribution < -0.4 is 5.73 Å². The van der Waals surface area contributed by atoms with E-state index in [9.17, 15) is 10.1 Å². The Morgan fingerprint density at radius 2 is 1.94 bits per heavy atom. The van der Waals surface area contributed by atoms with Gasteiger partial charge in [0.15, 0.2) is 5.69 Å². The SMILES string of the molecule is Nc1ccc([N+](=O)[O-])c(-c2cncnc2)n1. The average Bonchev–Trinajstić information content (AvgIpc) is 2.29. The molecule has 80 valence electrons. The van der Waals surface area contributed by atoms with Crippen LogP contribution in [0.25, 0.3) is 11.3 Å². The van der Waals surface area contributed by atoms with Crippen molar-refractivity contribution in [3.63, 3.8) is 0 Å². The predicted octanol–water partition coefficient (Wildman–Crippen LogP) is 1.03. The smallest absolute Gasteiger partial charge is 0.295 e. The van der Waals surface area contributed by atoms with E-state index < -0.39 is 4.92 Å². The fraction of sp³-hybridized carbons (Fsp3) is 0. The van der Waals surface area contributed by atoms with Gasteiger partial charge in [0, 0.05) is 24.0 Å². The van der Waals surface area contributed by atoms with Crippen molar-refractivity contribution in [3.05, 3.63) is 41.0 Å². The molecule has 16 heavy (non-hydrogen) atoms. The van der Waals surface area contributed by atoms with Crippen LogP contribution in [0.5, 0.6) is 0 Å². The molecular weight excluding hydrogens is 210 g/mol. The summed E-state index contributed by atoms with van der Waals surface area (Å²) in [4.78, 5) is 21.7. The van der Waals surface area contributed by atoms with Crippen LogP contribution in [0.1, 0.15) is 0 Å². The van der Waals surface area contributed by atoms with E-state index in [-0.39, 0.29) is 17.2 Å². The number of nitrogens with two attached hydrogens (primary N) is 1. The summed E-state index contributed by atoms with van der Waals surface area (Å²) in [6.07, 6.45) is 4.23. The molecule has 0 amide bonds. The summed E-state index contributed by atoms with van der Waals surface area (Å²) in [7, 11) is 0. The molecule has 2 N–H and O–H groups in total. The number of nitrogen functional groups attached to an aromatic ring is 1. The van der Waals surface area contributed by atoms with Crippen LogP contribution in [0, 0.1) is 10.1 Å². The number of aromatic nitrogens is 3. The zero-order valence-corrected chi connectivity index (χ0v) is 8.07. The van der Waals surface area contributed by atoms with Gasteiger partial charge in [-0.15, -0.1) is 0 Å². The lowest BCUT2D eigenvalue weighted by Gasteiger charge is -2.01. The van der Waals surface area contributed by atoms with Gasteiger partial charge in [-0.25, -0.2) is 15.0 Å². The van der Waals surface area contributed by atoms with Gasteiger partial charge in [0.2, 0.25) is 0 Å². The van der Waals surface area contributed by atoms with Crippen molar-refractivity contribution in [1.29, 1.82) is 0 Å². The number of nitrogens with zero attached hydrogens (tertiary/aromatic N) is 4. The predicted molar refractivity (Wildman–Crippen MR) is 56.3 cm³/mol. The summed E-state index contributed by atoms with van der Waals surface area (Å²) in [5.74, 6) is 0.212. The number of anilines is 1. The van der Waals surface area contributed by atoms with E-state index in [1.165, 1.54) is 30.9 Å². The van der Waals surface area contributed by atoms with E-state index >= 15 is 0 Å². The van der Waals surface area contributed by atoms with E-state index in [0.29, 0.717) is 5.56 Å². The van der Waals surface area contributed by atoms with Crippen LogP contribution in [-0.2, 0) is 0 Å². The number of hydrogen-bond donors (Lipinski definition) is 1. The minimum absolute atomic E-state index is 0.121. The Morgan fingerprint density at radius 3 is 2.56 bits per heavy atom. The number of pyridine rings is 1. The minimum Gasteiger partial charge on any atom is -0.384 e. The van der Waals surface area contributed by atoms with Gasteiger partial charge in [-0.05, 0) is 6.07 Å². The second-order valence-electron chi connectivity index (χ2n) is 2.99. The Hall–Kier alpha value is -2.57. The molecule has 0 saturated heterocycles. The lowest BCUT2D eigenvalue weighted by atomic mass is 10.2. The van der Waals surface area contributed by atoms with Gasteiger partial charge in [-0.1, -0.05) is 0 Å². The van der Waals surface area contributed by atoms with Crippen LogP contribution >= 0.6 is 0 Å². The first kappa shape index (κ1) is 9.97. The number of rotatable bonds is 2. The molecule has 0 fully saturated rings. The average molecular weight is 217 g/mol. The molecule has 2 rings (SSSR count). The zero-order chi connectivity index (χ0) is 11.5. The Labute approximate surface area is 90.1 Å². The standard InChI is InChI=1S/C9H7N5O2/c10-8-2-1-7(14(15)16)9(13-8)6-3-11-5-12-4-6/h1-5H,(H2,10,13). The fourth-order valence-electron chi connectivity index (χ4n) is 1.25. The molecule has 7 heteroatoms. The Kier molecular flexibility index (Phi) is 2.42. The quantitative estimate of drug-likeness (QED) is 0.594. The molecule has 2 aromatic rings. The van der Waals surface area contributed by atoms with Gasteiger partial charge in [0.25, 0.3) is 5.69 Å². The van der Waals surface area contributed by atoms with Crippen LogP contribution in [-0.4, -0.2) is 19.9 Å². The third-order valence-corrected chi connectivity index (χ3v) is 1.93. The first-order valence-corrected chi connectivity index (χ1v) is 4.35. The van der Waals surface area contributed by atoms with E-state index in [0.717, 1.165) is 0 Å². The highest BCUT2D eigenvalue weighted by Gasteiger charge is 2.17. The van der Waals surface area contributed by atoms with E-state index in [4.69, 9.17) is 5.73 Å². The molecule has 0 atom stereocenters. The second kappa shape index (κ2) is 3.89. The van der Waals surface area contributed by atoms with Gasteiger partial charge in [-0.2, -0.15) is 0 Å². The highest BCUT2D eigenvalue weighted by atomic mass is 16.6. The first-order chi connectivity index (χ1) is 7.68. The van der Waals surface area contributed by atoms with Crippen LogP contribution in [0.2, 0.25) is 0 Å². The van der Waals surface area contributed by atoms with E-state index in [1.54, 1.807) is 0 Å². The largest absolute Gasteiger partial charge is 0.384 e. The molecule has 0 radical (unpaired) electrons. The minimum atomic E-state index is -0.519. The summed E-state index contributed by atoms with van der Waals surface area (Å²) in [6, 6.07) is 2.69. The first-order valence-electron chi connectivity index (χ1n) is 4.35. The fourth-order valence-corrected chi connectivity index (χ4v) is 1.25. The van der Waals surface area contributed by atoms with E-state index in [1.807, 2.05) is 0 Å². The monoisotopic (exact) mass is 217 g/mol. The van der Waals surface area contributed by atoms with Crippen LogP contribution in [0.4, 0.5) is 11.5 Å². The number of hydrogen-bond acceptors (Lipinski definition) is 6. The molecule has 0 aliphatic rings. The molecule has 0 saturated carbocycles. The molecule has 0 aliphatic heterocycles. The summed E-state index contributed by atoms with van der Waals surface area (Å²) in [5, 5.41) is 10.8. The Bertz CT molecular complexity index is 529. The molecule has 0 spiro atoms. The van der Waals surface area contributed by atoms with Gasteiger partial charge >= 0.3 is 0 Å². The van der Waals surface area contributed by atoms with Crippen LogP contribution in [0.15, 0.2) is 30.9 Å². The summed E-state index contributed by atoms with van der Waals surface area (Å²) in [6.45, 7) is 0. The van der Waals surface area contributed by atoms with Crippen molar-refractivity contribution in [2.24, 2.45) is 0 Å². The summed E-state index contributed by atoms with van der Waals surface area (Å²) < 4.78 is 0. The molecule has 0 unspecified atom stereocenters. The Morgan fingerprint density at radius 1 is 1.25 bits per heavy atom. The number of nitro groups is 1. The van der Waals surface area contributed by atoms with Gasteiger partial charge < -0.3 is 5.73 Å². The normalized spacial score (nSPS) is 10.0. The van der Waals surface area contributed by atoms with Crippen molar-refractivity contribution >= 4 is 11.5 Å². The maximum atomic E-state index is 10.8. The van der Waals surface area contributed by atoms with E-state index in [2.05, 4.69) is 15.0 Å². The molecular formula is C9H7N5O2. The van der Waals surface area contributed by atoms with Gasteiger partial charge in [0.1, 0.15) is 12.1 Å². The molecule has 0 aromatic carbocycles. The Balaban J connectivity index is 2.63. The lowest BCUT2D eigenvalue weighted by Crippen LogP contribution is -1.98. The van der Waals surface area contributed by atoms with Gasteiger partial charge in [0.05, 0.1) is 4.92 Å². The van der Waals surface area contributed by atoms with Crippen LogP contribution in [0.3, 0.4) is 0 Å². The van der Waals surface area contributed by atoms with Crippen molar-refractivity contribution in [3.8, 4) is 11.3 Å². The maximum absolute atomic E-state index is 10.8. The zero-order valence-electron chi connectivity index (χ0n) is 8.07. The van der Waals surface area contributed by atoms with Crippen molar-refractivity contribution in [2.45, 2.75) is 0 Å². The third-order valence-electron chi connectivity index (χ3n) is 1.93. The third kappa shape index (κ3) is 1.78. The summed E-state index contributed by atoms with van der Waals surface area (Å²) in [5.41, 5.74) is 6.00. The molecule has 7 nitrogen and oxygen atoms in total. The lowest BCUT2D eigenvalue weighted by molar-refractivity contribution is -0.384. The topological polar surface area (TPSA) is 108 Å². The second-order valence-corrected chi connectivity index (χ2v) is 2.99. The molecule has 0 aliphatic carbocycles. The summed E-state index contributed by atoms with van der Waals surface area (Å²) >= 11 is 0. The molecule has 2 heterocycles. The van der Waals surface area contributed by atoms with Gasteiger partial charge in [-0.3, -0.25) is 10.1 Å². The maximum Gasteiger partial charge on any atom is 0.295 e. The van der Waals surface area contributed by atoms with Crippen molar-refractivity contribution in [1.82, 2.24) is 15.0 Å². The van der Waals surface area contributed by atoms with Crippen molar-refractivity contribution in [2.75, 3.05) is 5.73 Å². The molecule has 0 bridgehead atoms.